The van der Waals surface area contributed by atoms with Crippen LogP contribution in [-0.4, -0.2) is 37.8 Å². The molecular formula is C32H21F3N6O3S. The number of fused-ring (bicyclic) bond motifs is 1. The van der Waals surface area contributed by atoms with Gasteiger partial charge in [0.05, 0.1) is 47.6 Å². The van der Waals surface area contributed by atoms with E-state index in [2.05, 4.69) is 20.2 Å². The molecule has 3 aromatic carbocycles. The molecule has 0 atom stereocenters. The molecule has 45 heavy (non-hydrogen) atoms. The maximum absolute atomic E-state index is 15.5. The van der Waals surface area contributed by atoms with Crippen molar-refractivity contribution in [3.05, 3.63) is 123 Å². The number of aromatic nitrogens is 5. The predicted molar refractivity (Wildman–Crippen MR) is 158 cm³/mol. The van der Waals surface area contributed by atoms with Gasteiger partial charge in [0.25, 0.3) is 0 Å². The lowest BCUT2D eigenvalue weighted by Gasteiger charge is -2.11. The van der Waals surface area contributed by atoms with E-state index in [9.17, 15) is 9.18 Å². The SMILES string of the molecule is COC(=O)c1ccc2nc(Cc3cc(F)c(-c4cccc(OCc5ccc(C#N)cc5F)n4)cc3F)n(Cc3nncs3)c2c1. The first-order valence-corrected chi connectivity index (χ1v) is 14.3. The molecule has 6 aromatic rings. The van der Waals surface area contributed by atoms with E-state index in [1.807, 2.05) is 6.07 Å². The van der Waals surface area contributed by atoms with Crippen LogP contribution in [0, 0.1) is 28.8 Å². The van der Waals surface area contributed by atoms with Gasteiger partial charge in [-0.25, -0.2) is 27.9 Å². The molecule has 0 aliphatic rings. The van der Waals surface area contributed by atoms with E-state index < -0.39 is 23.4 Å². The molecule has 0 radical (unpaired) electrons. The number of pyridine rings is 1. The Bertz CT molecular complexity index is 2090. The van der Waals surface area contributed by atoms with Crippen molar-refractivity contribution in [2.45, 2.75) is 19.6 Å². The number of imidazole rings is 1. The van der Waals surface area contributed by atoms with Gasteiger partial charge in [-0.05, 0) is 54.1 Å². The minimum absolute atomic E-state index is 0.0574. The molecule has 0 bridgehead atoms. The number of rotatable bonds is 9. The average molecular weight is 627 g/mol. The number of methoxy groups -OCH3 is 1. The summed E-state index contributed by atoms with van der Waals surface area (Å²) in [6.07, 6.45) is -0.0587. The maximum atomic E-state index is 15.5. The van der Waals surface area contributed by atoms with Crippen LogP contribution in [0.5, 0.6) is 5.88 Å². The highest BCUT2D eigenvalue weighted by Gasteiger charge is 2.19. The maximum Gasteiger partial charge on any atom is 0.337 e. The summed E-state index contributed by atoms with van der Waals surface area (Å²) in [5.74, 6) is -2.00. The van der Waals surface area contributed by atoms with E-state index in [1.165, 1.54) is 42.7 Å². The molecule has 0 saturated heterocycles. The van der Waals surface area contributed by atoms with Gasteiger partial charge in [0, 0.05) is 23.6 Å². The average Bonchev–Trinajstić information content (AvgIpc) is 3.69. The molecule has 0 fully saturated rings. The first kappa shape index (κ1) is 29.5. The molecule has 0 aliphatic carbocycles. The van der Waals surface area contributed by atoms with Crippen LogP contribution in [-0.2, 0) is 24.3 Å². The van der Waals surface area contributed by atoms with Gasteiger partial charge in [0.2, 0.25) is 5.88 Å². The van der Waals surface area contributed by atoms with Gasteiger partial charge in [-0.1, -0.05) is 12.1 Å². The minimum Gasteiger partial charge on any atom is -0.473 e. The summed E-state index contributed by atoms with van der Waals surface area (Å²) in [5.41, 5.74) is 3.54. The Kier molecular flexibility index (Phi) is 8.22. The fourth-order valence-electron chi connectivity index (χ4n) is 4.75. The molecule has 0 unspecified atom stereocenters. The third kappa shape index (κ3) is 6.22. The van der Waals surface area contributed by atoms with Gasteiger partial charge in [-0.3, -0.25) is 0 Å². The van der Waals surface area contributed by atoms with Crippen molar-refractivity contribution in [2.75, 3.05) is 7.11 Å². The summed E-state index contributed by atoms with van der Waals surface area (Å²) >= 11 is 1.33. The van der Waals surface area contributed by atoms with E-state index >= 15 is 8.78 Å². The number of carbonyl (C=O) groups excluding carboxylic acids is 1. The molecule has 3 heterocycles. The summed E-state index contributed by atoms with van der Waals surface area (Å²) in [7, 11) is 1.29. The van der Waals surface area contributed by atoms with E-state index in [1.54, 1.807) is 34.3 Å². The number of carbonyl (C=O) groups is 1. The Hall–Kier alpha value is -5.61. The Morgan fingerprint density at radius 1 is 0.978 bits per heavy atom. The second-order valence-corrected chi connectivity index (χ2v) is 10.7. The lowest BCUT2D eigenvalue weighted by molar-refractivity contribution is 0.0601. The number of hydrogen-bond acceptors (Lipinski definition) is 9. The third-order valence-corrected chi connectivity index (χ3v) is 7.67. The fourth-order valence-corrected chi connectivity index (χ4v) is 5.26. The van der Waals surface area contributed by atoms with Crippen molar-refractivity contribution in [2.24, 2.45) is 0 Å². The molecule has 9 nitrogen and oxygen atoms in total. The molecule has 3 aromatic heterocycles. The topological polar surface area (TPSA) is 116 Å². The lowest BCUT2D eigenvalue weighted by atomic mass is 10.0. The largest absolute Gasteiger partial charge is 0.473 e. The van der Waals surface area contributed by atoms with Gasteiger partial charge < -0.3 is 14.0 Å². The number of halogens is 3. The zero-order chi connectivity index (χ0) is 31.5. The summed E-state index contributed by atoms with van der Waals surface area (Å²) in [4.78, 5) is 21.1. The lowest BCUT2D eigenvalue weighted by Crippen LogP contribution is -2.08. The quantitative estimate of drug-likeness (QED) is 0.173. The number of esters is 1. The molecule has 13 heteroatoms. The molecule has 0 aliphatic heterocycles. The zero-order valence-corrected chi connectivity index (χ0v) is 24.3. The number of ether oxygens (including phenoxy) is 2. The van der Waals surface area contributed by atoms with Gasteiger partial charge in [0.1, 0.15) is 40.4 Å². The zero-order valence-electron chi connectivity index (χ0n) is 23.5. The number of nitriles is 1. The molecule has 224 valence electrons. The standard InChI is InChI=1S/C32H21F3N6O3S/c1-43-32(42)19-7-8-27-28(11-19)41(15-31-40-37-17-45-31)29(38-27)12-21-10-25(35)22(13-24(21)34)26-3-2-4-30(39-26)44-16-20-6-5-18(14-36)9-23(20)33/h2-11,13,17H,12,15-16H2,1H3. The van der Waals surface area contributed by atoms with Crippen LogP contribution in [0.1, 0.15) is 37.9 Å². The highest BCUT2D eigenvalue weighted by atomic mass is 32.1. The fraction of sp³-hybridized carbons (Fsp3) is 0.125. The number of hydrogen-bond donors (Lipinski definition) is 0. The van der Waals surface area contributed by atoms with Crippen LogP contribution in [0.3, 0.4) is 0 Å². The molecule has 0 N–H and O–H groups in total. The Morgan fingerprint density at radius 2 is 1.82 bits per heavy atom. The van der Waals surface area contributed by atoms with Gasteiger partial charge in [-0.15, -0.1) is 21.5 Å². The summed E-state index contributed by atoms with van der Waals surface area (Å²) < 4.78 is 57.5. The first-order chi connectivity index (χ1) is 21.8. The van der Waals surface area contributed by atoms with Crippen LogP contribution in [0.25, 0.3) is 22.3 Å². The Labute approximate surface area is 258 Å². The molecule has 0 saturated carbocycles. The second-order valence-electron chi connectivity index (χ2n) is 9.81. The monoisotopic (exact) mass is 626 g/mol. The van der Waals surface area contributed by atoms with Gasteiger partial charge in [0.15, 0.2) is 0 Å². The normalized spacial score (nSPS) is 11.0. The van der Waals surface area contributed by atoms with Gasteiger partial charge >= 0.3 is 5.97 Å². The van der Waals surface area contributed by atoms with Crippen molar-refractivity contribution < 1.29 is 27.4 Å². The van der Waals surface area contributed by atoms with Crippen LogP contribution in [0.15, 0.2) is 72.2 Å². The number of benzene rings is 3. The smallest absolute Gasteiger partial charge is 0.337 e. The number of nitrogens with zero attached hydrogens (tertiary/aromatic N) is 6. The Morgan fingerprint density at radius 3 is 2.58 bits per heavy atom. The van der Waals surface area contributed by atoms with Crippen molar-refractivity contribution >= 4 is 28.3 Å². The minimum atomic E-state index is -0.714. The van der Waals surface area contributed by atoms with E-state index in [-0.39, 0.29) is 53.4 Å². The van der Waals surface area contributed by atoms with Crippen LogP contribution in [0.2, 0.25) is 0 Å². The van der Waals surface area contributed by atoms with E-state index in [0.29, 0.717) is 27.4 Å². The molecule has 0 amide bonds. The summed E-state index contributed by atoms with van der Waals surface area (Å²) in [5, 5.41) is 17.5. The van der Waals surface area contributed by atoms with E-state index in [0.717, 1.165) is 18.2 Å². The van der Waals surface area contributed by atoms with Crippen LogP contribution >= 0.6 is 11.3 Å². The first-order valence-electron chi connectivity index (χ1n) is 13.4. The van der Waals surface area contributed by atoms with Crippen molar-refractivity contribution in [1.82, 2.24) is 24.7 Å². The Balaban J connectivity index is 1.28. The predicted octanol–water partition coefficient (Wildman–Crippen LogP) is 6.24. The molecular weight excluding hydrogens is 605 g/mol. The van der Waals surface area contributed by atoms with Crippen molar-refractivity contribution in [3.8, 4) is 23.2 Å². The molecule has 6 rings (SSSR count). The second kappa shape index (κ2) is 12.6. The van der Waals surface area contributed by atoms with E-state index in [4.69, 9.17) is 14.7 Å². The highest BCUT2D eigenvalue weighted by Crippen LogP contribution is 2.29. The third-order valence-electron chi connectivity index (χ3n) is 6.99. The van der Waals surface area contributed by atoms with Gasteiger partial charge in [-0.2, -0.15) is 5.26 Å². The van der Waals surface area contributed by atoms with Crippen molar-refractivity contribution in [1.29, 1.82) is 5.26 Å². The summed E-state index contributed by atoms with van der Waals surface area (Å²) in [6.45, 7) is 0.0787. The van der Waals surface area contributed by atoms with Crippen LogP contribution in [0.4, 0.5) is 13.2 Å². The van der Waals surface area contributed by atoms with Crippen LogP contribution < -0.4 is 4.74 Å². The highest BCUT2D eigenvalue weighted by molar-refractivity contribution is 7.09. The summed E-state index contributed by atoms with van der Waals surface area (Å²) in [6, 6.07) is 17.5. The van der Waals surface area contributed by atoms with Crippen molar-refractivity contribution in [3.63, 3.8) is 0 Å². The molecule has 0 spiro atoms.